The van der Waals surface area contributed by atoms with E-state index >= 15 is 0 Å². The minimum atomic E-state index is 0.397. The van der Waals surface area contributed by atoms with Crippen molar-refractivity contribution in [2.24, 2.45) is 0 Å². The van der Waals surface area contributed by atoms with E-state index < -0.39 is 0 Å². The molecular formula is C16H13ClO2. The molecule has 19 heavy (non-hydrogen) atoms. The standard InChI is InChI=1S/C16H13ClO2/c1-11-4-2-5-12(8-11)18-10-13-9-14-15(17)6-3-7-16(14)19-13/h2-9H,10H2,1H3. The number of halogens is 1. The number of ether oxygens (including phenoxy) is 1. The molecule has 3 rings (SSSR count). The van der Waals surface area contributed by atoms with Crippen LogP contribution in [-0.2, 0) is 6.61 Å². The van der Waals surface area contributed by atoms with Crippen molar-refractivity contribution in [3.63, 3.8) is 0 Å². The first-order chi connectivity index (χ1) is 9.22. The first kappa shape index (κ1) is 12.1. The second kappa shape index (κ2) is 4.98. The predicted molar refractivity (Wildman–Crippen MR) is 76.7 cm³/mol. The number of hydrogen-bond acceptors (Lipinski definition) is 2. The summed E-state index contributed by atoms with van der Waals surface area (Å²) in [5.41, 5.74) is 1.96. The van der Waals surface area contributed by atoms with Gasteiger partial charge in [-0.05, 0) is 42.8 Å². The lowest BCUT2D eigenvalue weighted by Crippen LogP contribution is -1.93. The van der Waals surface area contributed by atoms with Crippen LogP contribution in [0.3, 0.4) is 0 Å². The molecule has 0 saturated heterocycles. The molecular weight excluding hydrogens is 260 g/mol. The molecule has 0 amide bonds. The molecule has 2 aromatic carbocycles. The van der Waals surface area contributed by atoms with Crippen molar-refractivity contribution in [1.29, 1.82) is 0 Å². The SMILES string of the molecule is Cc1cccc(OCc2cc3c(Cl)cccc3o2)c1. The Bertz CT molecular complexity index is 716. The summed E-state index contributed by atoms with van der Waals surface area (Å²) in [6, 6.07) is 15.5. The summed E-state index contributed by atoms with van der Waals surface area (Å²) in [6.45, 7) is 2.43. The molecule has 0 bridgehead atoms. The zero-order valence-electron chi connectivity index (χ0n) is 10.5. The molecule has 0 atom stereocenters. The molecule has 0 radical (unpaired) electrons. The second-order valence-electron chi connectivity index (χ2n) is 4.47. The van der Waals surface area contributed by atoms with Gasteiger partial charge in [-0.25, -0.2) is 0 Å². The molecule has 0 aliphatic rings. The second-order valence-corrected chi connectivity index (χ2v) is 4.88. The third-order valence-corrected chi connectivity index (χ3v) is 3.26. The topological polar surface area (TPSA) is 22.4 Å². The number of hydrogen-bond donors (Lipinski definition) is 0. The molecule has 0 spiro atoms. The number of aryl methyl sites for hydroxylation is 1. The molecule has 3 heteroatoms. The van der Waals surface area contributed by atoms with Crippen molar-refractivity contribution in [1.82, 2.24) is 0 Å². The normalized spacial score (nSPS) is 10.8. The maximum absolute atomic E-state index is 6.11. The summed E-state index contributed by atoms with van der Waals surface area (Å²) < 4.78 is 11.4. The fourth-order valence-corrected chi connectivity index (χ4v) is 2.23. The Hall–Kier alpha value is -1.93. The van der Waals surface area contributed by atoms with E-state index in [1.165, 1.54) is 5.56 Å². The zero-order chi connectivity index (χ0) is 13.2. The van der Waals surface area contributed by atoms with Gasteiger partial charge in [0.25, 0.3) is 0 Å². The average Bonchev–Trinajstić information content (AvgIpc) is 2.81. The Labute approximate surface area is 116 Å². The Morgan fingerprint density at radius 3 is 2.74 bits per heavy atom. The van der Waals surface area contributed by atoms with Gasteiger partial charge in [0.1, 0.15) is 23.7 Å². The van der Waals surface area contributed by atoms with Crippen molar-refractivity contribution < 1.29 is 9.15 Å². The van der Waals surface area contributed by atoms with Crippen LogP contribution in [0.25, 0.3) is 11.0 Å². The van der Waals surface area contributed by atoms with Gasteiger partial charge in [0.2, 0.25) is 0 Å². The third kappa shape index (κ3) is 2.59. The lowest BCUT2D eigenvalue weighted by molar-refractivity contribution is 0.274. The van der Waals surface area contributed by atoms with Gasteiger partial charge in [-0.3, -0.25) is 0 Å². The maximum atomic E-state index is 6.11. The van der Waals surface area contributed by atoms with Gasteiger partial charge in [-0.15, -0.1) is 0 Å². The lowest BCUT2D eigenvalue weighted by Gasteiger charge is -2.04. The molecule has 0 aliphatic heterocycles. The van der Waals surface area contributed by atoms with Crippen LogP contribution in [0.2, 0.25) is 5.02 Å². The van der Waals surface area contributed by atoms with Gasteiger partial charge in [0.05, 0.1) is 5.02 Å². The van der Waals surface area contributed by atoms with Crippen LogP contribution >= 0.6 is 11.6 Å². The van der Waals surface area contributed by atoms with Gasteiger partial charge in [0.15, 0.2) is 0 Å². The van der Waals surface area contributed by atoms with Crippen LogP contribution in [0, 0.1) is 6.92 Å². The Balaban J connectivity index is 1.80. The van der Waals surface area contributed by atoms with Crippen LogP contribution in [0.4, 0.5) is 0 Å². The fraction of sp³-hybridized carbons (Fsp3) is 0.125. The first-order valence-corrected chi connectivity index (χ1v) is 6.46. The van der Waals surface area contributed by atoms with Crippen molar-refractivity contribution >= 4 is 22.6 Å². The quantitative estimate of drug-likeness (QED) is 0.671. The van der Waals surface area contributed by atoms with E-state index in [1.807, 2.05) is 55.5 Å². The molecule has 0 unspecified atom stereocenters. The van der Waals surface area contributed by atoms with Crippen molar-refractivity contribution in [2.75, 3.05) is 0 Å². The molecule has 0 saturated carbocycles. The summed E-state index contributed by atoms with van der Waals surface area (Å²) in [4.78, 5) is 0. The highest BCUT2D eigenvalue weighted by molar-refractivity contribution is 6.35. The average molecular weight is 273 g/mol. The monoisotopic (exact) mass is 272 g/mol. The molecule has 0 fully saturated rings. The van der Waals surface area contributed by atoms with E-state index in [0.717, 1.165) is 22.5 Å². The minimum Gasteiger partial charge on any atom is -0.486 e. The number of rotatable bonds is 3. The van der Waals surface area contributed by atoms with Gasteiger partial charge in [0, 0.05) is 5.39 Å². The Kier molecular flexibility index (Phi) is 3.18. The van der Waals surface area contributed by atoms with E-state index in [0.29, 0.717) is 11.6 Å². The highest BCUT2D eigenvalue weighted by atomic mass is 35.5. The van der Waals surface area contributed by atoms with Crippen LogP contribution in [-0.4, -0.2) is 0 Å². The Morgan fingerprint density at radius 2 is 1.95 bits per heavy atom. The smallest absolute Gasteiger partial charge is 0.146 e. The first-order valence-electron chi connectivity index (χ1n) is 6.09. The number of benzene rings is 2. The summed E-state index contributed by atoms with van der Waals surface area (Å²) in [7, 11) is 0. The molecule has 0 N–H and O–H groups in total. The van der Waals surface area contributed by atoms with Gasteiger partial charge in [-0.2, -0.15) is 0 Å². The molecule has 1 heterocycles. The van der Waals surface area contributed by atoms with Crippen LogP contribution in [0.1, 0.15) is 11.3 Å². The third-order valence-electron chi connectivity index (χ3n) is 2.93. The van der Waals surface area contributed by atoms with Crippen molar-refractivity contribution in [3.8, 4) is 5.75 Å². The Morgan fingerprint density at radius 1 is 1.11 bits per heavy atom. The zero-order valence-corrected chi connectivity index (χ0v) is 11.3. The van der Waals surface area contributed by atoms with E-state index in [2.05, 4.69) is 0 Å². The molecule has 0 aliphatic carbocycles. The van der Waals surface area contributed by atoms with Crippen molar-refractivity contribution in [2.45, 2.75) is 13.5 Å². The van der Waals surface area contributed by atoms with Crippen LogP contribution in [0.15, 0.2) is 52.9 Å². The summed E-state index contributed by atoms with van der Waals surface area (Å²) >= 11 is 6.11. The van der Waals surface area contributed by atoms with Crippen LogP contribution < -0.4 is 4.74 Å². The van der Waals surface area contributed by atoms with Crippen molar-refractivity contribution in [3.05, 3.63) is 64.9 Å². The summed E-state index contributed by atoms with van der Waals surface area (Å²) in [5, 5.41) is 1.62. The lowest BCUT2D eigenvalue weighted by atomic mass is 10.2. The van der Waals surface area contributed by atoms with E-state index in [1.54, 1.807) is 0 Å². The van der Waals surface area contributed by atoms with Gasteiger partial charge in [-0.1, -0.05) is 29.8 Å². The maximum Gasteiger partial charge on any atom is 0.146 e. The van der Waals surface area contributed by atoms with Gasteiger partial charge < -0.3 is 9.15 Å². The number of fused-ring (bicyclic) bond motifs is 1. The summed E-state index contributed by atoms with van der Waals surface area (Å²) in [6.07, 6.45) is 0. The molecule has 1 aromatic heterocycles. The number of furan rings is 1. The largest absolute Gasteiger partial charge is 0.486 e. The van der Waals surface area contributed by atoms with E-state index in [-0.39, 0.29) is 0 Å². The minimum absolute atomic E-state index is 0.397. The summed E-state index contributed by atoms with van der Waals surface area (Å²) in [5.74, 6) is 1.61. The fourth-order valence-electron chi connectivity index (χ4n) is 2.01. The molecule has 3 aromatic rings. The highest BCUT2D eigenvalue weighted by Gasteiger charge is 2.07. The van der Waals surface area contributed by atoms with Crippen LogP contribution in [0.5, 0.6) is 5.75 Å². The predicted octanol–water partition coefficient (Wildman–Crippen LogP) is 4.97. The van der Waals surface area contributed by atoms with E-state index in [9.17, 15) is 0 Å². The molecule has 96 valence electrons. The van der Waals surface area contributed by atoms with Gasteiger partial charge >= 0.3 is 0 Å². The van der Waals surface area contributed by atoms with E-state index in [4.69, 9.17) is 20.8 Å². The molecule has 2 nitrogen and oxygen atoms in total. The highest BCUT2D eigenvalue weighted by Crippen LogP contribution is 2.27.